The summed E-state index contributed by atoms with van der Waals surface area (Å²) in [4.78, 5) is 17.6. The molecule has 0 aliphatic rings. The van der Waals surface area contributed by atoms with Crippen molar-refractivity contribution in [2.75, 3.05) is 5.32 Å². The van der Waals surface area contributed by atoms with Gasteiger partial charge < -0.3 is 9.84 Å². The number of hydrogen-bond acceptors (Lipinski definition) is 6. The molecule has 0 atom stereocenters. The van der Waals surface area contributed by atoms with Gasteiger partial charge in [0, 0.05) is 16.9 Å². The molecule has 1 amide bonds. The second-order valence-corrected chi connectivity index (χ2v) is 8.87. The highest BCUT2D eigenvalue weighted by Crippen LogP contribution is 2.33. The molecule has 3 aromatic heterocycles. The van der Waals surface area contributed by atoms with Gasteiger partial charge in [0.05, 0.1) is 21.3 Å². The molecule has 3 heterocycles. The van der Waals surface area contributed by atoms with Crippen LogP contribution in [0.4, 0.5) is 5.82 Å². The average molecular weight is 382 g/mol. The lowest BCUT2D eigenvalue weighted by molar-refractivity contribution is -0.115. The predicted molar refractivity (Wildman–Crippen MR) is 98.0 cm³/mol. The number of halogens is 1. The van der Waals surface area contributed by atoms with Crippen molar-refractivity contribution in [1.29, 1.82) is 0 Å². The summed E-state index contributed by atoms with van der Waals surface area (Å²) in [6, 6.07) is 5.52. The van der Waals surface area contributed by atoms with Crippen molar-refractivity contribution >= 4 is 46.0 Å². The first-order valence-corrected chi connectivity index (χ1v) is 9.36. The zero-order valence-electron chi connectivity index (χ0n) is 13.4. The molecule has 3 aromatic rings. The molecular weight excluding hydrogens is 366 g/mol. The van der Waals surface area contributed by atoms with Crippen LogP contribution in [0.1, 0.15) is 32.2 Å². The quantitative estimate of drug-likeness (QED) is 0.691. The van der Waals surface area contributed by atoms with Crippen molar-refractivity contribution in [2.45, 2.75) is 32.6 Å². The van der Waals surface area contributed by atoms with Crippen molar-refractivity contribution < 1.29 is 9.32 Å². The Balaban J connectivity index is 1.63. The standard InChI is InChI=1S/C16H16ClN3O2S2/c1-16(2,3)11-7-13(20-22-11)19-14(21)6-9-8-23-15(18-9)10-4-5-12(17)24-10/h4-5,7-8H,6H2,1-3H3,(H,19,20,21). The lowest BCUT2D eigenvalue weighted by atomic mass is 9.93. The number of carbonyl (C=O) groups excluding carboxylic acids is 1. The SMILES string of the molecule is CC(C)(C)c1cc(NC(=O)Cc2csc(-c3ccc(Cl)s3)n2)no1. The molecule has 1 N–H and O–H groups in total. The third-order valence-electron chi connectivity index (χ3n) is 3.19. The number of anilines is 1. The minimum atomic E-state index is -0.176. The highest BCUT2D eigenvalue weighted by molar-refractivity contribution is 7.23. The normalized spacial score (nSPS) is 11.7. The predicted octanol–water partition coefficient (Wildman–Crippen LogP) is 4.99. The van der Waals surface area contributed by atoms with E-state index in [1.54, 1.807) is 6.07 Å². The van der Waals surface area contributed by atoms with Crippen LogP contribution in [0.15, 0.2) is 28.1 Å². The van der Waals surface area contributed by atoms with Crippen LogP contribution in [0.5, 0.6) is 0 Å². The van der Waals surface area contributed by atoms with Crippen LogP contribution in [-0.2, 0) is 16.6 Å². The molecule has 0 aromatic carbocycles. The van der Waals surface area contributed by atoms with Gasteiger partial charge in [-0.25, -0.2) is 4.98 Å². The van der Waals surface area contributed by atoms with Crippen LogP contribution >= 0.6 is 34.3 Å². The van der Waals surface area contributed by atoms with Crippen molar-refractivity contribution in [2.24, 2.45) is 0 Å². The lowest BCUT2D eigenvalue weighted by Gasteiger charge is -2.11. The molecule has 126 valence electrons. The number of nitrogens with one attached hydrogen (secondary N) is 1. The van der Waals surface area contributed by atoms with Crippen LogP contribution in [0, 0.1) is 0 Å². The fraction of sp³-hybridized carbons (Fsp3) is 0.312. The van der Waals surface area contributed by atoms with Crippen LogP contribution < -0.4 is 5.32 Å². The highest BCUT2D eigenvalue weighted by atomic mass is 35.5. The minimum Gasteiger partial charge on any atom is -0.359 e. The van der Waals surface area contributed by atoms with E-state index >= 15 is 0 Å². The van der Waals surface area contributed by atoms with E-state index in [9.17, 15) is 4.79 Å². The van der Waals surface area contributed by atoms with E-state index in [0.717, 1.165) is 25.7 Å². The van der Waals surface area contributed by atoms with Gasteiger partial charge in [-0.3, -0.25) is 4.79 Å². The molecule has 0 unspecified atom stereocenters. The van der Waals surface area contributed by atoms with Crippen LogP contribution in [0.2, 0.25) is 4.34 Å². The largest absolute Gasteiger partial charge is 0.359 e. The summed E-state index contributed by atoms with van der Waals surface area (Å²) < 4.78 is 5.98. The lowest BCUT2D eigenvalue weighted by Crippen LogP contribution is -2.15. The summed E-state index contributed by atoms with van der Waals surface area (Å²) in [7, 11) is 0. The molecule has 0 spiro atoms. The maximum Gasteiger partial charge on any atom is 0.231 e. The van der Waals surface area contributed by atoms with Crippen molar-refractivity contribution in [3.63, 3.8) is 0 Å². The minimum absolute atomic E-state index is 0.151. The van der Waals surface area contributed by atoms with Gasteiger partial charge in [-0.05, 0) is 12.1 Å². The Bertz CT molecular complexity index is 861. The number of rotatable bonds is 4. The number of hydrogen-bond donors (Lipinski definition) is 1. The molecule has 8 heteroatoms. The van der Waals surface area contributed by atoms with E-state index in [2.05, 4.69) is 15.5 Å². The van der Waals surface area contributed by atoms with E-state index in [0.29, 0.717) is 5.82 Å². The Kier molecular flexibility index (Phi) is 4.76. The summed E-state index contributed by atoms with van der Waals surface area (Å²) in [5.74, 6) is 0.971. The maximum atomic E-state index is 12.1. The molecule has 0 bridgehead atoms. The molecule has 0 radical (unpaired) electrons. The third-order valence-corrected chi connectivity index (χ3v) is 5.49. The van der Waals surface area contributed by atoms with Gasteiger partial charge in [0.15, 0.2) is 5.82 Å². The van der Waals surface area contributed by atoms with E-state index < -0.39 is 0 Å². The van der Waals surface area contributed by atoms with Crippen molar-refractivity contribution in [1.82, 2.24) is 10.1 Å². The first kappa shape index (κ1) is 17.1. The Labute approximate surface area is 152 Å². The molecule has 0 aliphatic heterocycles. The molecule has 0 aliphatic carbocycles. The summed E-state index contributed by atoms with van der Waals surface area (Å²) in [6.45, 7) is 6.06. The van der Waals surface area contributed by atoms with E-state index in [1.807, 2.05) is 38.3 Å². The number of thiazole rings is 1. The molecule has 0 fully saturated rings. The molecule has 3 rings (SSSR count). The number of amides is 1. The Morgan fingerprint density at radius 1 is 1.38 bits per heavy atom. The van der Waals surface area contributed by atoms with Crippen LogP contribution in [0.25, 0.3) is 9.88 Å². The second-order valence-electron chi connectivity index (χ2n) is 6.30. The van der Waals surface area contributed by atoms with Crippen molar-refractivity contribution in [3.8, 4) is 9.88 Å². The Morgan fingerprint density at radius 2 is 2.17 bits per heavy atom. The number of nitrogens with zero attached hydrogens (tertiary/aromatic N) is 2. The van der Waals surface area contributed by atoms with Gasteiger partial charge in [0.25, 0.3) is 0 Å². The van der Waals surface area contributed by atoms with Gasteiger partial charge in [0.2, 0.25) is 5.91 Å². The zero-order chi connectivity index (χ0) is 17.3. The molecular formula is C16H16ClN3O2S2. The summed E-state index contributed by atoms with van der Waals surface area (Å²) >= 11 is 8.91. The van der Waals surface area contributed by atoms with E-state index in [4.69, 9.17) is 16.1 Å². The monoisotopic (exact) mass is 381 g/mol. The van der Waals surface area contributed by atoms with Gasteiger partial charge in [-0.1, -0.05) is 37.5 Å². The molecule has 0 saturated carbocycles. The fourth-order valence-corrected chi connectivity index (χ4v) is 3.90. The molecule has 24 heavy (non-hydrogen) atoms. The number of thiophene rings is 1. The van der Waals surface area contributed by atoms with Crippen molar-refractivity contribution in [3.05, 3.63) is 39.4 Å². The number of carbonyl (C=O) groups is 1. The smallest absolute Gasteiger partial charge is 0.231 e. The summed E-state index contributed by atoms with van der Waals surface area (Å²) in [5.41, 5.74) is 0.568. The highest BCUT2D eigenvalue weighted by Gasteiger charge is 2.20. The second kappa shape index (κ2) is 6.66. The average Bonchev–Trinajstić information content (AvgIpc) is 3.18. The fourth-order valence-electron chi connectivity index (χ4n) is 1.97. The van der Waals surface area contributed by atoms with Gasteiger partial charge in [-0.15, -0.1) is 22.7 Å². The van der Waals surface area contributed by atoms with Gasteiger partial charge in [0.1, 0.15) is 10.8 Å². The van der Waals surface area contributed by atoms with Gasteiger partial charge in [-0.2, -0.15) is 0 Å². The summed E-state index contributed by atoms with van der Waals surface area (Å²) in [6.07, 6.45) is 0.188. The zero-order valence-corrected chi connectivity index (χ0v) is 15.8. The topological polar surface area (TPSA) is 68.0 Å². The molecule has 0 saturated heterocycles. The Morgan fingerprint density at radius 3 is 2.79 bits per heavy atom. The van der Waals surface area contributed by atoms with Gasteiger partial charge >= 0.3 is 0 Å². The van der Waals surface area contributed by atoms with Crippen LogP contribution in [-0.4, -0.2) is 16.0 Å². The summed E-state index contributed by atoms with van der Waals surface area (Å²) in [5, 5.41) is 9.37. The first-order chi connectivity index (χ1) is 11.3. The van der Waals surface area contributed by atoms with E-state index in [1.165, 1.54) is 22.7 Å². The number of aromatic nitrogens is 2. The molecule has 5 nitrogen and oxygen atoms in total. The van der Waals surface area contributed by atoms with Crippen LogP contribution in [0.3, 0.4) is 0 Å². The Hall–Kier alpha value is -1.70. The maximum absolute atomic E-state index is 12.1. The first-order valence-electron chi connectivity index (χ1n) is 7.28. The third kappa shape index (κ3) is 4.03. The van der Waals surface area contributed by atoms with E-state index in [-0.39, 0.29) is 17.7 Å².